The van der Waals surface area contributed by atoms with Crippen molar-refractivity contribution < 1.29 is 9.18 Å². The number of hydrogen-bond acceptors (Lipinski definition) is 1. The summed E-state index contributed by atoms with van der Waals surface area (Å²) in [6.07, 6.45) is 0.736. The maximum absolute atomic E-state index is 13.6. The molecule has 0 saturated heterocycles. The summed E-state index contributed by atoms with van der Waals surface area (Å²) in [4.78, 5) is 11.9. The zero-order chi connectivity index (χ0) is 13.7. The second-order valence-corrected chi connectivity index (χ2v) is 4.42. The van der Waals surface area contributed by atoms with Crippen LogP contribution in [0.4, 0.5) is 4.39 Å². The van der Waals surface area contributed by atoms with Gasteiger partial charge in [-0.2, -0.15) is 0 Å². The van der Waals surface area contributed by atoms with E-state index in [9.17, 15) is 9.18 Å². The number of carbonyl (C=O) groups excluding carboxylic acids is 1. The maximum Gasteiger partial charge on any atom is 0.254 e. The molecule has 0 atom stereocenters. The fourth-order valence-electron chi connectivity index (χ4n) is 1.97. The first-order valence-electron chi connectivity index (χ1n) is 6.25. The van der Waals surface area contributed by atoms with Crippen LogP contribution in [-0.2, 0) is 6.42 Å². The summed E-state index contributed by atoms with van der Waals surface area (Å²) in [7, 11) is 0. The second kappa shape index (κ2) is 6.14. The maximum atomic E-state index is 13.6. The van der Waals surface area contributed by atoms with E-state index in [1.54, 1.807) is 19.1 Å². The fourth-order valence-corrected chi connectivity index (χ4v) is 1.97. The van der Waals surface area contributed by atoms with E-state index in [2.05, 4.69) is 5.32 Å². The van der Waals surface area contributed by atoms with E-state index in [0.29, 0.717) is 12.1 Å². The lowest BCUT2D eigenvalue weighted by atomic mass is 10.1. The van der Waals surface area contributed by atoms with E-state index < -0.39 is 5.82 Å². The molecular formula is C16H16FNO. The molecule has 0 aromatic heterocycles. The van der Waals surface area contributed by atoms with Crippen molar-refractivity contribution in [2.24, 2.45) is 0 Å². The first-order valence-corrected chi connectivity index (χ1v) is 6.25. The third-order valence-corrected chi connectivity index (χ3v) is 2.99. The molecule has 1 amide bonds. The molecule has 0 radical (unpaired) electrons. The predicted molar refractivity (Wildman–Crippen MR) is 73.6 cm³/mol. The lowest BCUT2D eigenvalue weighted by Crippen LogP contribution is -2.27. The summed E-state index contributed by atoms with van der Waals surface area (Å²) < 4.78 is 13.6. The molecule has 0 bridgehead atoms. The van der Waals surface area contributed by atoms with Crippen LogP contribution in [0.5, 0.6) is 0 Å². The highest BCUT2D eigenvalue weighted by Crippen LogP contribution is 2.12. The van der Waals surface area contributed by atoms with Crippen LogP contribution in [-0.4, -0.2) is 12.5 Å². The van der Waals surface area contributed by atoms with Crippen molar-refractivity contribution in [2.75, 3.05) is 6.54 Å². The SMILES string of the molecule is Cc1cccc(F)c1C(=O)NCCc1ccccc1. The predicted octanol–water partition coefficient (Wildman–Crippen LogP) is 3.11. The Morgan fingerprint density at radius 2 is 1.84 bits per heavy atom. The van der Waals surface area contributed by atoms with Crippen LogP contribution in [0, 0.1) is 12.7 Å². The quantitative estimate of drug-likeness (QED) is 0.896. The minimum Gasteiger partial charge on any atom is -0.352 e. The second-order valence-electron chi connectivity index (χ2n) is 4.42. The number of amides is 1. The first kappa shape index (κ1) is 13.3. The molecular weight excluding hydrogens is 241 g/mol. The van der Waals surface area contributed by atoms with Crippen LogP contribution in [0.2, 0.25) is 0 Å². The Hall–Kier alpha value is -2.16. The van der Waals surface area contributed by atoms with Gasteiger partial charge in [-0.1, -0.05) is 42.5 Å². The van der Waals surface area contributed by atoms with Gasteiger partial charge in [0.15, 0.2) is 0 Å². The van der Waals surface area contributed by atoms with Gasteiger partial charge in [0, 0.05) is 6.54 Å². The van der Waals surface area contributed by atoms with Gasteiger partial charge in [0.05, 0.1) is 5.56 Å². The monoisotopic (exact) mass is 257 g/mol. The Morgan fingerprint density at radius 3 is 2.53 bits per heavy atom. The molecule has 2 aromatic rings. The average molecular weight is 257 g/mol. The zero-order valence-electron chi connectivity index (χ0n) is 10.8. The molecule has 0 unspecified atom stereocenters. The molecule has 0 aliphatic carbocycles. The van der Waals surface area contributed by atoms with Crippen molar-refractivity contribution in [3.05, 3.63) is 71.0 Å². The molecule has 2 nitrogen and oxygen atoms in total. The van der Waals surface area contributed by atoms with Gasteiger partial charge in [0.1, 0.15) is 5.82 Å². The molecule has 0 spiro atoms. The molecule has 0 fully saturated rings. The zero-order valence-corrected chi connectivity index (χ0v) is 10.8. The van der Waals surface area contributed by atoms with Gasteiger partial charge in [0.2, 0.25) is 0 Å². The molecule has 0 saturated carbocycles. The highest BCUT2D eigenvalue weighted by molar-refractivity contribution is 5.95. The number of aryl methyl sites for hydroxylation is 1. The summed E-state index contributed by atoms with van der Waals surface area (Å²) in [6.45, 7) is 2.23. The molecule has 19 heavy (non-hydrogen) atoms. The van der Waals surface area contributed by atoms with Gasteiger partial charge in [-0.05, 0) is 30.5 Å². The van der Waals surface area contributed by atoms with Gasteiger partial charge >= 0.3 is 0 Å². The molecule has 0 aliphatic rings. The molecule has 0 heterocycles. The topological polar surface area (TPSA) is 29.1 Å². The summed E-state index contributed by atoms with van der Waals surface area (Å²) in [5.74, 6) is -0.830. The van der Waals surface area contributed by atoms with Crippen LogP contribution in [0.1, 0.15) is 21.5 Å². The summed E-state index contributed by atoms with van der Waals surface area (Å²) in [6, 6.07) is 14.5. The number of benzene rings is 2. The van der Waals surface area contributed by atoms with Gasteiger partial charge in [-0.25, -0.2) is 4.39 Å². The number of halogens is 1. The number of nitrogens with one attached hydrogen (secondary N) is 1. The Morgan fingerprint density at radius 1 is 1.11 bits per heavy atom. The van der Waals surface area contributed by atoms with E-state index >= 15 is 0 Å². The number of hydrogen-bond donors (Lipinski definition) is 1. The highest BCUT2D eigenvalue weighted by Gasteiger charge is 2.13. The largest absolute Gasteiger partial charge is 0.352 e. The summed E-state index contributed by atoms with van der Waals surface area (Å²) in [5, 5.41) is 2.75. The standard InChI is InChI=1S/C16H16FNO/c1-12-6-5-9-14(17)15(12)16(19)18-11-10-13-7-3-2-4-8-13/h2-9H,10-11H2,1H3,(H,18,19). The van der Waals surface area contributed by atoms with E-state index in [1.165, 1.54) is 6.07 Å². The van der Waals surface area contributed by atoms with E-state index in [4.69, 9.17) is 0 Å². The number of carbonyl (C=O) groups is 1. The van der Waals surface area contributed by atoms with Crippen molar-refractivity contribution in [3.63, 3.8) is 0 Å². The molecule has 3 heteroatoms. The van der Waals surface area contributed by atoms with E-state index in [1.807, 2.05) is 30.3 Å². The number of rotatable bonds is 4. The summed E-state index contributed by atoms with van der Waals surface area (Å²) >= 11 is 0. The summed E-state index contributed by atoms with van der Waals surface area (Å²) in [5.41, 5.74) is 1.93. The van der Waals surface area contributed by atoms with E-state index in [-0.39, 0.29) is 11.5 Å². The van der Waals surface area contributed by atoms with Gasteiger partial charge in [-0.15, -0.1) is 0 Å². The van der Waals surface area contributed by atoms with Gasteiger partial charge in [-0.3, -0.25) is 4.79 Å². The average Bonchev–Trinajstić information content (AvgIpc) is 2.40. The lowest BCUT2D eigenvalue weighted by molar-refractivity contribution is 0.0949. The van der Waals surface area contributed by atoms with Crippen LogP contribution < -0.4 is 5.32 Å². The van der Waals surface area contributed by atoms with Crippen molar-refractivity contribution in [1.29, 1.82) is 0 Å². The minimum absolute atomic E-state index is 0.135. The smallest absolute Gasteiger partial charge is 0.254 e. The molecule has 98 valence electrons. The highest BCUT2D eigenvalue weighted by atomic mass is 19.1. The minimum atomic E-state index is -0.475. The van der Waals surface area contributed by atoms with Gasteiger partial charge in [0.25, 0.3) is 5.91 Å². The van der Waals surface area contributed by atoms with Gasteiger partial charge < -0.3 is 5.32 Å². The Bertz CT molecular complexity index is 546. The first-order chi connectivity index (χ1) is 9.18. The normalized spacial score (nSPS) is 10.2. The molecule has 2 aromatic carbocycles. The van der Waals surface area contributed by atoms with Crippen molar-refractivity contribution in [2.45, 2.75) is 13.3 Å². The Labute approximate surface area is 112 Å². The van der Waals surface area contributed by atoms with E-state index in [0.717, 1.165) is 12.0 Å². The Balaban J connectivity index is 1.95. The third-order valence-electron chi connectivity index (χ3n) is 2.99. The lowest BCUT2D eigenvalue weighted by Gasteiger charge is -2.08. The van der Waals surface area contributed by atoms with Crippen LogP contribution >= 0.6 is 0 Å². The van der Waals surface area contributed by atoms with Crippen LogP contribution in [0.3, 0.4) is 0 Å². The van der Waals surface area contributed by atoms with Crippen molar-refractivity contribution in [3.8, 4) is 0 Å². The molecule has 2 rings (SSSR count). The fraction of sp³-hybridized carbons (Fsp3) is 0.188. The van der Waals surface area contributed by atoms with Crippen molar-refractivity contribution in [1.82, 2.24) is 5.32 Å². The Kier molecular flexibility index (Phi) is 4.29. The molecule has 0 aliphatic heterocycles. The molecule has 1 N–H and O–H groups in total. The third kappa shape index (κ3) is 3.41. The van der Waals surface area contributed by atoms with Crippen LogP contribution in [0.25, 0.3) is 0 Å². The van der Waals surface area contributed by atoms with Crippen LogP contribution in [0.15, 0.2) is 48.5 Å². The van der Waals surface area contributed by atoms with Crippen molar-refractivity contribution >= 4 is 5.91 Å².